The minimum absolute atomic E-state index is 0.335. The van der Waals surface area contributed by atoms with Gasteiger partial charge in [0, 0.05) is 52.2 Å². The molecule has 33 heavy (non-hydrogen) atoms. The van der Waals surface area contributed by atoms with Crippen LogP contribution in [0.2, 0.25) is 0 Å². The molecule has 2 aromatic carbocycles. The first-order valence-corrected chi connectivity index (χ1v) is 11.7. The van der Waals surface area contributed by atoms with Crippen LogP contribution >= 0.6 is 0 Å². The average molecular weight is 448 g/mol. The number of aliphatic imine (C=N–C) groups is 1. The van der Waals surface area contributed by atoms with Crippen LogP contribution in [0.3, 0.4) is 0 Å². The number of anilines is 1. The van der Waals surface area contributed by atoms with E-state index in [4.69, 9.17) is 4.99 Å². The normalized spacial score (nSPS) is 14.5. The zero-order valence-electron chi connectivity index (χ0n) is 19.3. The van der Waals surface area contributed by atoms with Gasteiger partial charge in [-0.2, -0.15) is 0 Å². The van der Waals surface area contributed by atoms with Gasteiger partial charge in [-0.1, -0.05) is 49.4 Å². The van der Waals surface area contributed by atoms with Crippen molar-refractivity contribution in [3.05, 3.63) is 72.3 Å². The molecule has 0 bridgehead atoms. The summed E-state index contributed by atoms with van der Waals surface area (Å²) in [6.45, 7) is 7.75. The monoisotopic (exact) mass is 447 g/mol. The van der Waals surface area contributed by atoms with Gasteiger partial charge < -0.3 is 24.8 Å². The molecule has 1 fully saturated rings. The number of nitrogens with one attached hydrogen (secondary N) is 1. The molecule has 0 unspecified atom stereocenters. The number of aryl methyl sites for hydroxylation is 1. The Kier molecular flexibility index (Phi) is 7.79. The van der Waals surface area contributed by atoms with E-state index in [0.29, 0.717) is 5.75 Å². The number of aromatic nitrogens is 3. The molecule has 4 rings (SSSR count). The van der Waals surface area contributed by atoms with E-state index in [-0.39, 0.29) is 0 Å². The molecule has 8 nitrogen and oxygen atoms in total. The van der Waals surface area contributed by atoms with Crippen molar-refractivity contribution in [3.63, 3.8) is 0 Å². The van der Waals surface area contributed by atoms with E-state index >= 15 is 0 Å². The average Bonchev–Trinajstić information content (AvgIpc) is 3.32. The Hall–Kier alpha value is -3.55. The van der Waals surface area contributed by atoms with Crippen LogP contribution in [0.25, 0.3) is 0 Å². The van der Waals surface area contributed by atoms with Gasteiger partial charge in [-0.05, 0) is 24.1 Å². The largest absolute Gasteiger partial charge is 0.506 e. The van der Waals surface area contributed by atoms with Gasteiger partial charge in [0.05, 0.1) is 5.69 Å². The number of hydrogen-bond acceptors (Lipinski definition) is 5. The lowest BCUT2D eigenvalue weighted by Crippen LogP contribution is -2.53. The van der Waals surface area contributed by atoms with Crippen molar-refractivity contribution in [2.75, 3.05) is 44.2 Å². The molecule has 1 aliphatic heterocycles. The number of benzene rings is 2. The molecule has 3 aromatic rings. The summed E-state index contributed by atoms with van der Waals surface area (Å²) in [5.41, 5.74) is 2.19. The number of para-hydroxylation sites is 2. The highest BCUT2D eigenvalue weighted by molar-refractivity contribution is 5.80. The molecule has 2 heterocycles. The molecule has 0 spiro atoms. The maximum atomic E-state index is 10.2. The summed E-state index contributed by atoms with van der Waals surface area (Å²) in [6.07, 6.45) is 3.57. The van der Waals surface area contributed by atoms with E-state index in [2.05, 4.69) is 61.1 Å². The first-order valence-electron chi connectivity index (χ1n) is 11.7. The maximum Gasteiger partial charge on any atom is 0.194 e. The van der Waals surface area contributed by atoms with Crippen LogP contribution in [0.5, 0.6) is 5.75 Å². The summed E-state index contributed by atoms with van der Waals surface area (Å²) in [7, 11) is 0. The summed E-state index contributed by atoms with van der Waals surface area (Å²) >= 11 is 0. The summed E-state index contributed by atoms with van der Waals surface area (Å²) in [6, 6.07) is 18.0. The van der Waals surface area contributed by atoms with Crippen molar-refractivity contribution in [1.82, 2.24) is 25.0 Å². The van der Waals surface area contributed by atoms with Crippen LogP contribution in [-0.2, 0) is 19.4 Å². The molecule has 0 radical (unpaired) electrons. The molecule has 1 aliphatic rings. The van der Waals surface area contributed by atoms with Crippen molar-refractivity contribution in [3.8, 4) is 5.75 Å². The lowest BCUT2D eigenvalue weighted by atomic mass is 10.2. The first-order chi connectivity index (χ1) is 16.2. The Morgan fingerprint density at radius 3 is 2.55 bits per heavy atom. The van der Waals surface area contributed by atoms with Crippen molar-refractivity contribution in [1.29, 1.82) is 0 Å². The van der Waals surface area contributed by atoms with Crippen LogP contribution in [0.4, 0.5) is 5.69 Å². The minimum atomic E-state index is 0.335. The lowest BCUT2D eigenvalue weighted by Gasteiger charge is -2.38. The Balaban J connectivity index is 1.38. The van der Waals surface area contributed by atoms with Gasteiger partial charge in [-0.3, -0.25) is 4.99 Å². The fraction of sp³-hybridized carbons (Fsp3) is 0.400. The van der Waals surface area contributed by atoms with Crippen molar-refractivity contribution >= 4 is 11.6 Å². The third kappa shape index (κ3) is 6.03. The summed E-state index contributed by atoms with van der Waals surface area (Å²) in [5.74, 6) is 2.27. The Morgan fingerprint density at radius 1 is 1.03 bits per heavy atom. The minimum Gasteiger partial charge on any atom is -0.506 e. The molecule has 174 valence electrons. The fourth-order valence-corrected chi connectivity index (χ4v) is 4.12. The van der Waals surface area contributed by atoms with E-state index in [1.54, 1.807) is 12.4 Å². The molecule has 8 heteroatoms. The highest BCUT2D eigenvalue weighted by Gasteiger charge is 2.21. The Labute approximate surface area is 195 Å². The SMILES string of the molecule is CCc1nncn1CCNC(=NCCc1ccccc1)N1CCN(c2ccccc2O)CC1. The second kappa shape index (κ2) is 11.4. The number of piperazine rings is 1. The van der Waals surface area contributed by atoms with Gasteiger partial charge >= 0.3 is 0 Å². The molecule has 1 aromatic heterocycles. The van der Waals surface area contributed by atoms with E-state index in [0.717, 1.165) is 76.1 Å². The van der Waals surface area contributed by atoms with Gasteiger partial charge in [0.1, 0.15) is 17.9 Å². The van der Waals surface area contributed by atoms with Gasteiger partial charge in [-0.15, -0.1) is 10.2 Å². The smallest absolute Gasteiger partial charge is 0.194 e. The second-order valence-electron chi connectivity index (χ2n) is 8.12. The van der Waals surface area contributed by atoms with E-state index in [9.17, 15) is 5.11 Å². The van der Waals surface area contributed by atoms with E-state index in [1.807, 2.05) is 24.3 Å². The van der Waals surface area contributed by atoms with Gasteiger partial charge in [0.15, 0.2) is 5.96 Å². The van der Waals surface area contributed by atoms with Crippen LogP contribution in [-0.4, -0.2) is 70.0 Å². The molecule has 1 saturated heterocycles. The molecule has 0 saturated carbocycles. The zero-order chi connectivity index (χ0) is 22.9. The van der Waals surface area contributed by atoms with Gasteiger partial charge in [-0.25, -0.2) is 0 Å². The van der Waals surface area contributed by atoms with Crippen molar-refractivity contribution < 1.29 is 5.11 Å². The molecule has 0 aliphatic carbocycles. The quantitative estimate of drug-likeness (QED) is 0.408. The predicted molar refractivity (Wildman–Crippen MR) is 132 cm³/mol. The van der Waals surface area contributed by atoms with Crippen LogP contribution in [0.1, 0.15) is 18.3 Å². The first kappa shape index (κ1) is 22.6. The summed E-state index contributed by atoms with van der Waals surface area (Å²) < 4.78 is 2.09. The standard InChI is InChI=1S/C25H33N7O/c1-2-24-29-28-20-32(24)15-14-27-25(26-13-12-21-8-4-3-5-9-21)31-18-16-30(17-19-31)22-10-6-7-11-23(22)33/h3-11,20,33H,2,12-19H2,1H3,(H,26,27). The number of phenols is 1. The van der Waals surface area contributed by atoms with Gasteiger partial charge in [0.2, 0.25) is 0 Å². The number of nitrogens with zero attached hydrogens (tertiary/aromatic N) is 6. The topological polar surface area (TPSA) is 81.8 Å². The van der Waals surface area contributed by atoms with Crippen molar-refractivity contribution in [2.24, 2.45) is 4.99 Å². The maximum absolute atomic E-state index is 10.2. The zero-order valence-corrected chi connectivity index (χ0v) is 19.3. The molecule has 0 amide bonds. The number of rotatable bonds is 8. The van der Waals surface area contributed by atoms with Crippen LogP contribution < -0.4 is 10.2 Å². The Morgan fingerprint density at radius 2 is 1.79 bits per heavy atom. The highest BCUT2D eigenvalue weighted by atomic mass is 16.3. The summed E-state index contributed by atoms with van der Waals surface area (Å²) in [4.78, 5) is 9.49. The van der Waals surface area contributed by atoms with Gasteiger partial charge in [0.25, 0.3) is 0 Å². The summed E-state index contributed by atoms with van der Waals surface area (Å²) in [5, 5.41) is 22.0. The van der Waals surface area contributed by atoms with Crippen molar-refractivity contribution in [2.45, 2.75) is 26.3 Å². The number of aromatic hydroxyl groups is 1. The van der Waals surface area contributed by atoms with E-state index < -0.39 is 0 Å². The highest BCUT2D eigenvalue weighted by Crippen LogP contribution is 2.27. The number of guanidine groups is 1. The van der Waals surface area contributed by atoms with Crippen LogP contribution in [0.15, 0.2) is 65.9 Å². The van der Waals surface area contributed by atoms with Crippen LogP contribution in [0, 0.1) is 0 Å². The number of phenolic OH excluding ortho intramolecular Hbond substituents is 1. The third-order valence-electron chi connectivity index (χ3n) is 5.95. The third-order valence-corrected chi connectivity index (χ3v) is 5.95. The van der Waals surface area contributed by atoms with E-state index in [1.165, 1.54) is 5.56 Å². The molecule has 0 atom stereocenters. The lowest BCUT2D eigenvalue weighted by molar-refractivity contribution is 0.368. The molecular weight excluding hydrogens is 414 g/mol. The second-order valence-corrected chi connectivity index (χ2v) is 8.12. The Bertz CT molecular complexity index is 1030. The molecular formula is C25H33N7O. The predicted octanol–water partition coefficient (Wildman–Crippen LogP) is 2.56. The molecule has 2 N–H and O–H groups in total. The fourth-order valence-electron chi connectivity index (χ4n) is 4.12. The number of hydrogen-bond donors (Lipinski definition) is 2.